The van der Waals surface area contributed by atoms with Crippen LogP contribution in [-0.4, -0.2) is 25.9 Å². The van der Waals surface area contributed by atoms with Gasteiger partial charge in [0.1, 0.15) is 11.9 Å². The van der Waals surface area contributed by atoms with Gasteiger partial charge in [-0.3, -0.25) is 0 Å². The molecule has 1 saturated heterocycles. The van der Waals surface area contributed by atoms with Gasteiger partial charge in [-0.05, 0) is 12.6 Å². The molecule has 0 unspecified atom stereocenters. The van der Waals surface area contributed by atoms with Gasteiger partial charge < -0.3 is 14.8 Å². The second-order valence-corrected chi connectivity index (χ2v) is 4.32. The van der Waals surface area contributed by atoms with Gasteiger partial charge in [0.15, 0.2) is 0 Å². The van der Waals surface area contributed by atoms with Gasteiger partial charge in [-0.25, -0.2) is 0 Å². The molecule has 3 heteroatoms. The van der Waals surface area contributed by atoms with Crippen LogP contribution in [0.3, 0.4) is 0 Å². The summed E-state index contributed by atoms with van der Waals surface area (Å²) in [4.78, 5) is 0. The van der Waals surface area contributed by atoms with E-state index < -0.39 is 0 Å². The molecule has 1 aromatic rings. The number of rotatable bonds is 5. The van der Waals surface area contributed by atoms with Crippen LogP contribution in [-0.2, 0) is 11.3 Å². The second-order valence-electron chi connectivity index (χ2n) is 4.32. The van der Waals surface area contributed by atoms with Gasteiger partial charge in [0.25, 0.3) is 0 Å². The van der Waals surface area contributed by atoms with E-state index in [1.807, 2.05) is 6.07 Å². The molecule has 1 heterocycles. The van der Waals surface area contributed by atoms with Crippen molar-refractivity contribution < 1.29 is 9.47 Å². The first-order valence-electron chi connectivity index (χ1n) is 6.43. The van der Waals surface area contributed by atoms with Crippen molar-refractivity contribution in [1.82, 2.24) is 5.32 Å². The number of benzene rings is 1. The molecule has 0 aromatic heterocycles. The first kappa shape index (κ1) is 12.4. The zero-order valence-corrected chi connectivity index (χ0v) is 10.4. The molecule has 0 bridgehead atoms. The van der Waals surface area contributed by atoms with Crippen LogP contribution >= 0.6 is 0 Å². The molecule has 0 radical (unpaired) electrons. The lowest BCUT2D eigenvalue weighted by molar-refractivity contribution is 0.0251. The van der Waals surface area contributed by atoms with Crippen LogP contribution in [0.15, 0.2) is 24.3 Å². The molecule has 3 nitrogen and oxygen atoms in total. The van der Waals surface area contributed by atoms with Crippen molar-refractivity contribution in [2.75, 3.05) is 19.8 Å². The number of para-hydroxylation sites is 1. The molecule has 0 saturated carbocycles. The van der Waals surface area contributed by atoms with E-state index in [1.165, 1.54) is 5.56 Å². The van der Waals surface area contributed by atoms with E-state index in [0.717, 1.165) is 44.9 Å². The summed E-state index contributed by atoms with van der Waals surface area (Å²) in [7, 11) is 0. The fourth-order valence-electron chi connectivity index (χ4n) is 2.00. The van der Waals surface area contributed by atoms with Crippen molar-refractivity contribution in [3.8, 4) is 5.75 Å². The molecular weight excluding hydrogens is 214 g/mol. The molecule has 0 amide bonds. The Morgan fingerprint density at radius 3 is 2.82 bits per heavy atom. The van der Waals surface area contributed by atoms with Gasteiger partial charge in [-0.2, -0.15) is 0 Å². The van der Waals surface area contributed by atoms with E-state index in [0.29, 0.717) is 6.10 Å². The Hall–Kier alpha value is -1.06. The molecule has 1 aliphatic rings. The van der Waals surface area contributed by atoms with Crippen LogP contribution < -0.4 is 10.1 Å². The van der Waals surface area contributed by atoms with E-state index in [9.17, 15) is 0 Å². The monoisotopic (exact) mass is 235 g/mol. The van der Waals surface area contributed by atoms with Gasteiger partial charge in [-0.1, -0.05) is 25.1 Å². The normalized spacial score (nSPS) is 17.0. The minimum atomic E-state index is 0.312. The summed E-state index contributed by atoms with van der Waals surface area (Å²) < 4.78 is 11.4. The van der Waals surface area contributed by atoms with Crippen molar-refractivity contribution in [1.29, 1.82) is 0 Å². The first-order chi connectivity index (χ1) is 8.40. The Labute approximate surface area is 103 Å². The minimum Gasteiger partial charge on any atom is -0.490 e. The summed E-state index contributed by atoms with van der Waals surface area (Å²) in [5, 5.41) is 3.34. The van der Waals surface area contributed by atoms with Gasteiger partial charge in [0.2, 0.25) is 0 Å². The van der Waals surface area contributed by atoms with E-state index in [4.69, 9.17) is 9.47 Å². The summed E-state index contributed by atoms with van der Waals surface area (Å²) in [6, 6.07) is 8.27. The molecular formula is C14H21NO2. The van der Waals surface area contributed by atoms with Crippen molar-refractivity contribution in [2.24, 2.45) is 0 Å². The molecule has 1 N–H and O–H groups in total. The zero-order chi connectivity index (χ0) is 11.9. The van der Waals surface area contributed by atoms with Gasteiger partial charge >= 0.3 is 0 Å². The third-order valence-electron chi connectivity index (χ3n) is 3.00. The van der Waals surface area contributed by atoms with Gasteiger partial charge in [-0.15, -0.1) is 0 Å². The Morgan fingerprint density at radius 2 is 2.06 bits per heavy atom. The molecule has 0 atom stereocenters. The lowest BCUT2D eigenvalue weighted by Gasteiger charge is -2.24. The summed E-state index contributed by atoms with van der Waals surface area (Å²) >= 11 is 0. The average molecular weight is 235 g/mol. The fraction of sp³-hybridized carbons (Fsp3) is 0.571. The molecule has 0 spiro atoms. The summed E-state index contributed by atoms with van der Waals surface area (Å²) in [6.07, 6.45) is 2.30. The van der Waals surface area contributed by atoms with Crippen LogP contribution in [0.5, 0.6) is 5.75 Å². The first-order valence-corrected chi connectivity index (χ1v) is 6.43. The SMILES string of the molecule is CCNCc1ccccc1OC1CCOCC1. The number of hydrogen-bond acceptors (Lipinski definition) is 3. The summed E-state index contributed by atoms with van der Waals surface area (Å²) in [5.74, 6) is 1.01. The van der Waals surface area contributed by atoms with E-state index in [1.54, 1.807) is 0 Å². The van der Waals surface area contributed by atoms with Crippen LogP contribution in [0, 0.1) is 0 Å². The standard InChI is InChI=1S/C14H21NO2/c1-2-15-11-12-5-3-4-6-14(12)17-13-7-9-16-10-8-13/h3-6,13,15H,2,7-11H2,1H3. The van der Waals surface area contributed by atoms with Crippen LogP contribution in [0.4, 0.5) is 0 Å². The molecule has 2 rings (SSSR count). The highest BCUT2D eigenvalue weighted by molar-refractivity contribution is 5.33. The van der Waals surface area contributed by atoms with E-state index in [-0.39, 0.29) is 0 Å². The van der Waals surface area contributed by atoms with E-state index >= 15 is 0 Å². The highest BCUT2D eigenvalue weighted by atomic mass is 16.5. The maximum Gasteiger partial charge on any atom is 0.124 e. The van der Waals surface area contributed by atoms with Crippen LogP contribution in [0.1, 0.15) is 25.3 Å². The van der Waals surface area contributed by atoms with E-state index in [2.05, 4.69) is 30.4 Å². The third kappa shape index (κ3) is 3.72. The molecule has 1 aromatic carbocycles. The Kier molecular flexibility index (Phi) is 4.83. The Balaban J connectivity index is 1.98. The number of nitrogens with one attached hydrogen (secondary N) is 1. The van der Waals surface area contributed by atoms with Crippen LogP contribution in [0.25, 0.3) is 0 Å². The second kappa shape index (κ2) is 6.62. The summed E-state index contributed by atoms with van der Waals surface area (Å²) in [5.41, 5.74) is 1.24. The fourth-order valence-corrected chi connectivity index (χ4v) is 2.00. The maximum absolute atomic E-state index is 6.06. The lowest BCUT2D eigenvalue weighted by Crippen LogP contribution is -2.26. The lowest BCUT2D eigenvalue weighted by atomic mass is 10.1. The van der Waals surface area contributed by atoms with Crippen molar-refractivity contribution >= 4 is 0 Å². The largest absolute Gasteiger partial charge is 0.490 e. The Bertz CT molecular complexity index is 335. The number of ether oxygens (including phenoxy) is 2. The van der Waals surface area contributed by atoms with Crippen molar-refractivity contribution in [3.05, 3.63) is 29.8 Å². The predicted molar refractivity (Wildman–Crippen MR) is 68.3 cm³/mol. The van der Waals surface area contributed by atoms with Crippen molar-refractivity contribution in [2.45, 2.75) is 32.4 Å². The van der Waals surface area contributed by atoms with Gasteiger partial charge in [0.05, 0.1) is 13.2 Å². The minimum absolute atomic E-state index is 0.312. The van der Waals surface area contributed by atoms with Gasteiger partial charge in [0, 0.05) is 24.9 Å². The predicted octanol–water partition coefficient (Wildman–Crippen LogP) is 2.35. The highest BCUT2D eigenvalue weighted by Crippen LogP contribution is 2.22. The maximum atomic E-state index is 6.06. The molecule has 1 fully saturated rings. The number of hydrogen-bond donors (Lipinski definition) is 1. The molecule has 17 heavy (non-hydrogen) atoms. The average Bonchev–Trinajstić information content (AvgIpc) is 2.39. The topological polar surface area (TPSA) is 30.5 Å². The van der Waals surface area contributed by atoms with Crippen molar-refractivity contribution in [3.63, 3.8) is 0 Å². The molecule has 0 aliphatic carbocycles. The highest BCUT2D eigenvalue weighted by Gasteiger charge is 2.16. The molecule has 94 valence electrons. The molecule has 1 aliphatic heterocycles. The Morgan fingerprint density at radius 1 is 1.29 bits per heavy atom. The van der Waals surface area contributed by atoms with Crippen LogP contribution in [0.2, 0.25) is 0 Å². The third-order valence-corrected chi connectivity index (χ3v) is 3.00. The smallest absolute Gasteiger partial charge is 0.124 e. The quantitative estimate of drug-likeness (QED) is 0.850. The summed E-state index contributed by atoms with van der Waals surface area (Å²) in [6.45, 7) is 5.60. The zero-order valence-electron chi connectivity index (χ0n) is 10.4.